The van der Waals surface area contributed by atoms with E-state index in [0.717, 1.165) is 0 Å². The molecule has 0 amide bonds. The molecule has 0 aromatic heterocycles. The number of carboxylic acids is 1. The number of benzene rings is 1. The minimum Gasteiger partial charge on any atom is -0.493 e. The quantitative estimate of drug-likeness (QED) is 0.752. The number of carboxylic acid groups (broad SMARTS) is 1. The minimum atomic E-state index is -2.98. The zero-order chi connectivity index (χ0) is 13.6. The normalized spacial score (nSPS) is 11.2. The summed E-state index contributed by atoms with van der Waals surface area (Å²) in [7, 11) is -2.98. The first-order valence-electron chi connectivity index (χ1n) is 5.49. The van der Waals surface area contributed by atoms with Crippen LogP contribution in [0.15, 0.2) is 24.3 Å². The Balaban J connectivity index is 2.54. The maximum absolute atomic E-state index is 10.9. The van der Waals surface area contributed by atoms with Crippen molar-refractivity contribution in [2.24, 2.45) is 0 Å². The van der Waals surface area contributed by atoms with Gasteiger partial charge in [0.15, 0.2) is 0 Å². The average molecular weight is 272 g/mol. The molecule has 0 unspecified atom stereocenters. The lowest BCUT2D eigenvalue weighted by Crippen LogP contribution is -2.09. The third kappa shape index (κ3) is 5.67. The van der Waals surface area contributed by atoms with Crippen LogP contribution in [0.3, 0.4) is 0 Å². The topological polar surface area (TPSA) is 80.7 Å². The minimum absolute atomic E-state index is 0.0636. The van der Waals surface area contributed by atoms with E-state index in [1.165, 1.54) is 6.26 Å². The number of hydrogen-bond acceptors (Lipinski definition) is 4. The predicted molar refractivity (Wildman–Crippen MR) is 67.6 cm³/mol. The van der Waals surface area contributed by atoms with Crippen LogP contribution in [0.1, 0.15) is 12.0 Å². The summed E-state index contributed by atoms with van der Waals surface area (Å²) in [6.45, 7) is 0.254. The Kier molecular flexibility index (Phi) is 5.15. The highest BCUT2D eigenvalue weighted by Crippen LogP contribution is 2.18. The molecule has 1 N–H and O–H groups in total. The van der Waals surface area contributed by atoms with Crippen LogP contribution >= 0.6 is 0 Å². The number of aliphatic carboxylic acids is 1. The first-order valence-corrected chi connectivity index (χ1v) is 7.55. The second-order valence-electron chi connectivity index (χ2n) is 4.01. The van der Waals surface area contributed by atoms with E-state index in [-0.39, 0.29) is 18.8 Å². The largest absolute Gasteiger partial charge is 0.493 e. The molecule has 100 valence electrons. The van der Waals surface area contributed by atoms with E-state index < -0.39 is 15.8 Å². The molecular formula is C12H16O5S. The molecule has 0 heterocycles. The Morgan fingerprint density at radius 1 is 1.33 bits per heavy atom. The van der Waals surface area contributed by atoms with Gasteiger partial charge in [0.25, 0.3) is 0 Å². The van der Waals surface area contributed by atoms with Crippen LogP contribution in [0.4, 0.5) is 0 Å². The van der Waals surface area contributed by atoms with Crippen LogP contribution in [0.2, 0.25) is 0 Å². The van der Waals surface area contributed by atoms with Gasteiger partial charge in [-0.15, -0.1) is 0 Å². The standard InChI is InChI=1S/C12H16O5S/c1-18(15,16)8-4-7-17-11-6-3-2-5-10(11)9-12(13)14/h2-3,5-6H,4,7-9H2,1H3,(H,13,14). The van der Waals surface area contributed by atoms with Crippen molar-refractivity contribution >= 4 is 15.8 Å². The van der Waals surface area contributed by atoms with E-state index in [9.17, 15) is 13.2 Å². The van der Waals surface area contributed by atoms with Gasteiger partial charge in [-0.1, -0.05) is 18.2 Å². The third-order valence-electron chi connectivity index (χ3n) is 2.23. The van der Waals surface area contributed by atoms with Gasteiger partial charge in [-0.25, -0.2) is 8.42 Å². The van der Waals surface area contributed by atoms with Crippen molar-refractivity contribution in [3.05, 3.63) is 29.8 Å². The van der Waals surface area contributed by atoms with Gasteiger partial charge in [0, 0.05) is 11.8 Å². The van der Waals surface area contributed by atoms with Gasteiger partial charge in [-0.05, 0) is 12.5 Å². The molecule has 0 saturated carbocycles. The second-order valence-corrected chi connectivity index (χ2v) is 6.27. The van der Waals surface area contributed by atoms with Crippen molar-refractivity contribution < 1.29 is 23.1 Å². The summed E-state index contributed by atoms with van der Waals surface area (Å²) in [5.41, 5.74) is 0.587. The van der Waals surface area contributed by atoms with Crippen molar-refractivity contribution in [2.75, 3.05) is 18.6 Å². The summed E-state index contributed by atoms with van der Waals surface area (Å²) < 4.78 is 27.2. The van der Waals surface area contributed by atoms with Crippen molar-refractivity contribution in [3.63, 3.8) is 0 Å². The van der Waals surface area contributed by atoms with Crippen molar-refractivity contribution in [3.8, 4) is 5.75 Å². The average Bonchev–Trinajstić information content (AvgIpc) is 2.24. The predicted octanol–water partition coefficient (Wildman–Crippen LogP) is 1.13. The molecular weight excluding hydrogens is 256 g/mol. The van der Waals surface area contributed by atoms with Gasteiger partial charge >= 0.3 is 5.97 Å². The second kappa shape index (κ2) is 6.39. The van der Waals surface area contributed by atoms with Crippen molar-refractivity contribution in [1.29, 1.82) is 0 Å². The van der Waals surface area contributed by atoms with Crippen LogP contribution in [-0.4, -0.2) is 38.1 Å². The van der Waals surface area contributed by atoms with Crippen LogP contribution < -0.4 is 4.74 Å². The molecule has 1 aromatic carbocycles. The summed E-state index contributed by atoms with van der Waals surface area (Å²) in [4.78, 5) is 10.6. The summed E-state index contributed by atoms with van der Waals surface area (Å²) in [6, 6.07) is 6.84. The lowest BCUT2D eigenvalue weighted by Gasteiger charge is -2.09. The fourth-order valence-corrected chi connectivity index (χ4v) is 2.10. The Morgan fingerprint density at radius 2 is 2.00 bits per heavy atom. The van der Waals surface area contributed by atoms with E-state index in [0.29, 0.717) is 17.7 Å². The van der Waals surface area contributed by atoms with Crippen molar-refractivity contribution in [2.45, 2.75) is 12.8 Å². The number of para-hydroxylation sites is 1. The molecule has 0 atom stereocenters. The van der Waals surface area contributed by atoms with Crippen LogP contribution in [0, 0.1) is 0 Å². The molecule has 18 heavy (non-hydrogen) atoms. The van der Waals surface area contributed by atoms with Gasteiger partial charge in [-0.2, -0.15) is 0 Å². The van der Waals surface area contributed by atoms with Crippen molar-refractivity contribution in [1.82, 2.24) is 0 Å². The summed E-state index contributed by atoms with van der Waals surface area (Å²) in [6.07, 6.45) is 1.45. The Morgan fingerprint density at radius 3 is 2.61 bits per heavy atom. The van der Waals surface area contributed by atoms with Gasteiger partial charge < -0.3 is 9.84 Å². The molecule has 5 nitrogen and oxygen atoms in total. The number of carbonyl (C=O) groups is 1. The van der Waals surface area contributed by atoms with Crippen LogP contribution in [0.5, 0.6) is 5.75 Å². The van der Waals surface area contributed by atoms with E-state index in [1.54, 1.807) is 24.3 Å². The Hall–Kier alpha value is -1.56. The maximum Gasteiger partial charge on any atom is 0.307 e. The Labute approximate surface area is 106 Å². The zero-order valence-corrected chi connectivity index (χ0v) is 10.9. The van der Waals surface area contributed by atoms with Gasteiger partial charge in [0.1, 0.15) is 15.6 Å². The molecule has 0 radical (unpaired) electrons. The van der Waals surface area contributed by atoms with E-state index >= 15 is 0 Å². The lowest BCUT2D eigenvalue weighted by molar-refractivity contribution is -0.136. The molecule has 0 bridgehead atoms. The van der Waals surface area contributed by atoms with E-state index in [4.69, 9.17) is 9.84 Å². The fraction of sp³-hybridized carbons (Fsp3) is 0.417. The van der Waals surface area contributed by atoms with Crippen LogP contribution in [0.25, 0.3) is 0 Å². The number of hydrogen-bond donors (Lipinski definition) is 1. The summed E-state index contributed by atoms with van der Waals surface area (Å²) in [5.74, 6) is -0.371. The fourth-order valence-electron chi connectivity index (χ4n) is 1.46. The highest BCUT2D eigenvalue weighted by atomic mass is 32.2. The molecule has 6 heteroatoms. The first kappa shape index (κ1) is 14.5. The third-order valence-corrected chi connectivity index (χ3v) is 3.26. The molecule has 0 fully saturated rings. The SMILES string of the molecule is CS(=O)(=O)CCCOc1ccccc1CC(=O)O. The molecule has 0 aliphatic rings. The molecule has 0 spiro atoms. The Bertz CT molecular complexity index is 507. The summed E-state index contributed by atoms with van der Waals surface area (Å²) >= 11 is 0. The number of rotatable bonds is 7. The lowest BCUT2D eigenvalue weighted by atomic mass is 10.1. The molecule has 1 aromatic rings. The van der Waals surface area contributed by atoms with Gasteiger partial charge in [-0.3, -0.25) is 4.79 Å². The van der Waals surface area contributed by atoms with Gasteiger partial charge in [0.2, 0.25) is 0 Å². The summed E-state index contributed by atoms with van der Waals surface area (Å²) in [5, 5.41) is 8.73. The highest BCUT2D eigenvalue weighted by molar-refractivity contribution is 7.90. The number of ether oxygens (including phenoxy) is 1. The highest BCUT2D eigenvalue weighted by Gasteiger charge is 2.08. The molecule has 0 aliphatic heterocycles. The number of sulfone groups is 1. The van der Waals surface area contributed by atoms with E-state index in [1.807, 2.05) is 0 Å². The van der Waals surface area contributed by atoms with Crippen LogP contribution in [-0.2, 0) is 21.1 Å². The monoisotopic (exact) mass is 272 g/mol. The molecule has 0 saturated heterocycles. The molecule has 0 aliphatic carbocycles. The maximum atomic E-state index is 10.9. The zero-order valence-electron chi connectivity index (χ0n) is 10.1. The van der Waals surface area contributed by atoms with E-state index in [2.05, 4.69) is 0 Å². The van der Waals surface area contributed by atoms with Gasteiger partial charge in [0.05, 0.1) is 18.8 Å². The first-order chi connectivity index (χ1) is 8.38. The smallest absolute Gasteiger partial charge is 0.307 e. The molecule has 1 rings (SSSR count).